The van der Waals surface area contributed by atoms with Gasteiger partial charge in [-0.05, 0) is 12.0 Å². The first kappa shape index (κ1) is 16.3. The van der Waals surface area contributed by atoms with E-state index in [1.54, 1.807) is 39.3 Å². The fraction of sp³-hybridized carbons (Fsp3) is 0.538. The van der Waals surface area contributed by atoms with E-state index in [-0.39, 0.29) is 16.6 Å². The normalized spacial score (nSPS) is 16.2. The van der Waals surface area contributed by atoms with Crippen molar-refractivity contribution in [3.05, 3.63) is 35.4 Å². The van der Waals surface area contributed by atoms with Crippen LogP contribution in [0.4, 0.5) is 0 Å². The molecule has 3 N–H and O–H groups in total. The summed E-state index contributed by atoms with van der Waals surface area (Å²) in [5.74, 6) is 0. The van der Waals surface area contributed by atoms with Crippen molar-refractivity contribution < 1.29 is 23.9 Å². The van der Waals surface area contributed by atoms with Gasteiger partial charge in [0.15, 0.2) is 0 Å². The third-order valence-corrected chi connectivity index (χ3v) is 4.34. The number of hydrogen-bond acceptors (Lipinski definition) is 2. The van der Waals surface area contributed by atoms with Crippen molar-refractivity contribution in [1.29, 1.82) is 0 Å². The minimum Gasteiger partial charge on any atom is -0.369 e. The third-order valence-electron chi connectivity index (χ3n) is 2.97. The van der Waals surface area contributed by atoms with E-state index in [4.69, 9.17) is 0 Å². The molecular weight excluding hydrogens is 265 g/mol. The van der Waals surface area contributed by atoms with Crippen molar-refractivity contribution in [1.82, 2.24) is 0 Å². The smallest absolute Gasteiger partial charge is 0.367 e. The molecule has 0 aliphatic carbocycles. The highest BCUT2D eigenvalue weighted by molar-refractivity contribution is 7.52. The molecule has 0 amide bonds. The average molecular weight is 288 g/mol. The number of hydrogen-bond donors (Lipinski definition) is 3. The molecule has 0 aliphatic heterocycles. The zero-order valence-electron chi connectivity index (χ0n) is 11.9. The lowest BCUT2D eigenvalue weighted by Gasteiger charge is -2.36. The summed E-state index contributed by atoms with van der Waals surface area (Å²) in [6.45, 7) is 1.89. The summed E-state index contributed by atoms with van der Waals surface area (Å²) in [5, 5.41) is 8.44. The Bertz CT molecular complexity index is 492. The van der Waals surface area contributed by atoms with E-state index in [9.17, 15) is 19.5 Å². The van der Waals surface area contributed by atoms with Gasteiger partial charge in [0.05, 0.1) is 21.1 Å². The Labute approximate surface area is 114 Å². The molecule has 0 radical (unpaired) electrons. The zero-order valence-corrected chi connectivity index (χ0v) is 12.8. The highest BCUT2D eigenvalue weighted by Crippen LogP contribution is 2.55. The number of aliphatic hydroxyl groups is 1. The molecule has 5 nitrogen and oxygen atoms in total. The van der Waals surface area contributed by atoms with E-state index < -0.39 is 12.9 Å². The van der Waals surface area contributed by atoms with E-state index in [0.717, 1.165) is 12.0 Å². The summed E-state index contributed by atoms with van der Waals surface area (Å²) in [5.41, 5.74) is 1.21. The van der Waals surface area contributed by atoms with Gasteiger partial charge in [-0.25, -0.2) is 0 Å². The van der Waals surface area contributed by atoms with Crippen molar-refractivity contribution in [3.8, 4) is 0 Å². The van der Waals surface area contributed by atoms with Crippen molar-refractivity contribution in [2.45, 2.75) is 18.7 Å². The molecule has 0 spiro atoms. The fourth-order valence-electron chi connectivity index (χ4n) is 2.05. The van der Waals surface area contributed by atoms with Crippen molar-refractivity contribution in [2.24, 2.45) is 0 Å². The average Bonchev–Trinajstić information content (AvgIpc) is 2.25. The molecule has 1 aromatic rings. The number of aryl methyl sites for hydroxylation is 1. The van der Waals surface area contributed by atoms with Gasteiger partial charge in [-0.3, -0.25) is 4.57 Å². The van der Waals surface area contributed by atoms with Gasteiger partial charge in [-0.15, -0.1) is 0 Å². The quantitative estimate of drug-likeness (QED) is 0.563. The van der Waals surface area contributed by atoms with E-state index in [2.05, 4.69) is 0 Å². The minimum atomic E-state index is -4.70. The van der Waals surface area contributed by atoms with Crippen LogP contribution in [-0.2, 0) is 16.3 Å². The summed E-state index contributed by atoms with van der Waals surface area (Å²) in [7, 11) is 0.650. The van der Waals surface area contributed by atoms with E-state index >= 15 is 0 Å². The van der Waals surface area contributed by atoms with Crippen molar-refractivity contribution >= 4 is 7.60 Å². The second kappa shape index (κ2) is 5.35. The van der Waals surface area contributed by atoms with Gasteiger partial charge in [-0.1, -0.05) is 31.2 Å². The van der Waals surface area contributed by atoms with Crippen molar-refractivity contribution in [3.63, 3.8) is 0 Å². The first-order valence-electron chi connectivity index (χ1n) is 6.17. The topological polar surface area (TPSA) is 77.8 Å². The number of likely N-dealkylation sites (N-methyl/N-ethyl adjacent to an activating group) is 1. The molecule has 1 unspecified atom stereocenters. The molecule has 0 saturated heterocycles. The molecule has 0 aromatic heterocycles. The number of benzene rings is 1. The van der Waals surface area contributed by atoms with E-state index in [1.165, 1.54) is 0 Å². The first-order valence-corrected chi connectivity index (χ1v) is 7.79. The maximum absolute atomic E-state index is 11.8. The molecule has 108 valence electrons. The fourth-order valence-corrected chi connectivity index (χ4v) is 3.14. The SMILES string of the molecule is CCc1cccc(C(O)(C[N+](C)(C)C)P(=O)(O)O)c1. The Balaban J connectivity index is 3.35. The highest BCUT2D eigenvalue weighted by Gasteiger charge is 2.51. The molecule has 6 heteroatoms. The Hall–Kier alpha value is -0.710. The van der Waals surface area contributed by atoms with Gasteiger partial charge >= 0.3 is 7.60 Å². The zero-order chi connectivity index (χ0) is 14.9. The minimum absolute atomic E-state index is 0.0650. The molecule has 0 bridgehead atoms. The molecule has 0 saturated carbocycles. The maximum Gasteiger partial charge on any atom is 0.367 e. The Morgan fingerprint density at radius 2 is 1.84 bits per heavy atom. The van der Waals surface area contributed by atoms with Crippen LogP contribution in [-0.4, -0.2) is 47.1 Å². The molecule has 0 fully saturated rings. The van der Waals surface area contributed by atoms with Crippen LogP contribution in [0.1, 0.15) is 18.1 Å². The van der Waals surface area contributed by atoms with Crippen LogP contribution in [0.2, 0.25) is 0 Å². The first-order chi connectivity index (χ1) is 8.49. The van der Waals surface area contributed by atoms with Crippen LogP contribution < -0.4 is 0 Å². The van der Waals surface area contributed by atoms with Crippen LogP contribution in [0.25, 0.3) is 0 Å². The lowest BCUT2D eigenvalue weighted by molar-refractivity contribution is -0.876. The standard InChI is InChI=1S/C13H22NO4P/c1-5-11-7-6-8-12(9-11)13(15,19(16,17)18)10-14(2,3)4/h6-9,15H,5,10H2,1-4H3,(H-,16,17,18)/p+1. The molecule has 0 aliphatic rings. The van der Waals surface area contributed by atoms with Crippen LogP contribution in [0.5, 0.6) is 0 Å². The van der Waals surface area contributed by atoms with Crippen LogP contribution in [0.15, 0.2) is 24.3 Å². The monoisotopic (exact) mass is 288 g/mol. The van der Waals surface area contributed by atoms with Gasteiger partial charge in [0, 0.05) is 5.56 Å². The van der Waals surface area contributed by atoms with Gasteiger partial charge in [0.2, 0.25) is 5.34 Å². The summed E-state index contributed by atoms with van der Waals surface area (Å²) >= 11 is 0. The third kappa shape index (κ3) is 3.88. The van der Waals surface area contributed by atoms with Gasteiger partial charge in [0.1, 0.15) is 6.54 Å². The summed E-state index contributed by atoms with van der Waals surface area (Å²) < 4.78 is 12.0. The van der Waals surface area contributed by atoms with Gasteiger partial charge < -0.3 is 19.4 Å². The Morgan fingerprint density at radius 1 is 1.26 bits per heavy atom. The molecule has 1 rings (SSSR count). The van der Waals surface area contributed by atoms with Crippen LogP contribution in [0, 0.1) is 0 Å². The van der Waals surface area contributed by atoms with Crippen molar-refractivity contribution in [2.75, 3.05) is 27.7 Å². The van der Waals surface area contributed by atoms with Crippen LogP contribution in [0.3, 0.4) is 0 Å². The Kier molecular flexibility index (Phi) is 4.60. The van der Waals surface area contributed by atoms with Crippen LogP contribution >= 0.6 is 7.60 Å². The largest absolute Gasteiger partial charge is 0.369 e. The van der Waals surface area contributed by atoms with E-state index in [1.807, 2.05) is 13.0 Å². The number of quaternary nitrogens is 1. The molecule has 19 heavy (non-hydrogen) atoms. The molecule has 1 aromatic carbocycles. The molecular formula is C13H23NO4P+. The lowest BCUT2D eigenvalue weighted by Crippen LogP contribution is -2.47. The summed E-state index contributed by atoms with van der Waals surface area (Å²) in [6.07, 6.45) is 0.745. The second-order valence-corrected chi connectivity index (χ2v) is 7.69. The Morgan fingerprint density at radius 3 is 2.26 bits per heavy atom. The predicted octanol–water partition coefficient (Wildman–Crippen LogP) is 1.28. The van der Waals surface area contributed by atoms with E-state index in [0.29, 0.717) is 0 Å². The highest BCUT2D eigenvalue weighted by atomic mass is 31.2. The molecule has 0 heterocycles. The predicted molar refractivity (Wildman–Crippen MR) is 74.7 cm³/mol. The summed E-state index contributed by atoms with van der Waals surface area (Å²) in [4.78, 5) is 19.1. The summed E-state index contributed by atoms with van der Waals surface area (Å²) in [6, 6.07) is 6.81. The maximum atomic E-state index is 11.8. The van der Waals surface area contributed by atoms with Gasteiger partial charge in [0.25, 0.3) is 0 Å². The number of nitrogens with zero attached hydrogens (tertiary/aromatic N) is 1. The van der Waals surface area contributed by atoms with Gasteiger partial charge in [-0.2, -0.15) is 0 Å². The second-order valence-electron chi connectivity index (χ2n) is 5.86. The lowest BCUT2D eigenvalue weighted by atomic mass is 10.0. The number of rotatable bonds is 5. The molecule has 1 atom stereocenters.